The molecule has 0 radical (unpaired) electrons. The zero-order valence-electron chi connectivity index (χ0n) is 22.7. The van der Waals surface area contributed by atoms with Crippen molar-refractivity contribution < 1.29 is 32.3 Å². The molecule has 1 N–H and O–H groups in total. The standard InChI is InChI=1S/C31H34ClF4NO3/c1-28(12-10-20(11-13-28)26(38)39)27(40)37-15-14-30(18-19-4-3-5-23(32)16-19)24-8-7-22(29(2,33)31(34,35)36)17-21(24)6-9-25(30)37/h3-5,7-8,16-17,20,25H,6,9-15,18H2,1-2H3,(H,38,39). The predicted octanol–water partition coefficient (Wildman–Crippen LogP) is 7.40. The molecule has 1 heterocycles. The minimum absolute atomic E-state index is 0.0165. The number of likely N-dealkylation sites (tertiary alicyclic amines) is 1. The van der Waals surface area contributed by atoms with Gasteiger partial charge < -0.3 is 10.0 Å². The Morgan fingerprint density at radius 3 is 2.38 bits per heavy atom. The number of carbonyl (C=O) groups is 2. The van der Waals surface area contributed by atoms with Gasteiger partial charge in [0.1, 0.15) is 0 Å². The quantitative estimate of drug-likeness (QED) is 0.376. The summed E-state index contributed by atoms with van der Waals surface area (Å²) in [5, 5.41) is 10.00. The van der Waals surface area contributed by atoms with Gasteiger partial charge in [-0.1, -0.05) is 48.9 Å². The molecule has 0 spiro atoms. The van der Waals surface area contributed by atoms with Crippen molar-refractivity contribution in [3.05, 3.63) is 69.7 Å². The summed E-state index contributed by atoms with van der Waals surface area (Å²) in [6, 6.07) is 11.5. The Bertz CT molecular complexity index is 1320. The number of fused-ring (bicyclic) bond motifs is 3. The van der Waals surface area contributed by atoms with Gasteiger partial charge in [-0.15, -0.1) is 0 Å². The first-order valence-corrected chi connectivity index (χ1v) is 14.2. The molecule has 2 aromatic rings. The lowest BCUT2D eigenvalue weighted by Gasteiger charge is -2.46. The Labute approximate surface area is 236 Å². The molecule has 0 aromatic heterocycles. The van der Waals surface area contributed by atoms with Gasteiger partial charge in [-0.2, -0.15) is 13.2 Å². The van der Waals surface area contributed by atoms with Crippen molar-refractivity contribution in [1.29, 1.82) is 0 Å². The van der Waals surface area contributed by atoms with E-state index in [1.54, 1.807) is 12.1 Å². The van der Waals surface area contributed by atoms with Crippen LogP contribution in [0.25, 0.3) is 0 Å². The van der Waals surface area contributed by atoms with Gasteiger partial charge in [0.25, 0.3) is 0 Å². The van der Waals surface area contributed by atoms with E-state index in [0.717, 1.165) is 11.1 Å². The molecular formula is C31H34ClF4NO3. The number of carboxylic acids is 1. The second-order valence-corrected chi connectivity index (χ2v) is 12.7. The van der Waals surface area contributed by atoms with Gasteiger partial charge in [0.15, 0.2) is 0 Å². The highest BCUT2D eigenvalue weighted by atomic mass is 35.5. The molecular weight excluding hydrogens is 546 g/mol. The fourth-order valence-electron chi connectivity index (χ4n) is 7.34. The maximum atomic E-state index is 14.9. The van der Waals surface area contributed by atoms with E-state index in [1.807, 2.05) is 30.0 Å². The molecule has 9 heteroatoms. The predicted molar refractivity (Wildman–Crippen MR) is 144 cm³/mol. The zero-order chi connectivity index (χ0) is 29.1. The number of hydrogen-bond donors (Lipinski definition) is 1. The van der Waals surface area contributed by atoms with E-state index in [-0.39, 0.29) is 11.9 Å². The number of hydrogen-bond acceptors (Lipinski definition) is 2. The van der Waals surface area contributed by atoms with Crippen molar-refractivity contribution in [2.24, 2.45) is 11.3 Å². The highest BCUT2D eigenvalue weighted by Gasteiger charge is 2.57. The number of aryl methyl sites for hydroxylation is 1. The van der Waals surface area contributed by atoms with Crippen molar-refractivity contribution in [3.8, 4) is 0 Å². The number of nitrogens with zero attached hydrogens (tertiary/aromatic N) is 1. The van der Waals surface area contributed by atoms with Gasteiger partial charge in [0.05, 0.1) is 5.92 Å². The average Bonchev–Trinajstić information content (AvgIpc) is 3.26. The molecule has 3 atom stereocenters. The third-order valence-electron chi connectivity index (χ3n) is 9.84. The van der Waals surface area contributed by atoms with Crippen LogP contribution in [-0.2, 0) is 33.5 Å². The minimum Gasteiger partial charge on any atom is -0.481 e. The fourth-order valence-corrected chi connectivity index (χ4v) is 7.55. The van der Waals surface area contributed by atoms with Crippen LogP contribution in [0.4, 0.5) is 17.6 Å². The van der Waals surface area contributed by atoms with Crippen LogP contribution >= 0.6 is 11.6 Å². The van der Waals surface area contributed by atoms with Crippen molar-refractivity contribution >= 4 is 23.5 Å². The van der Waals surface area contributed by atoms with E-state index in [1.165, 1.54) is 12.1 Å². The van der Waals surface area contributed by atoms with Gasteiger partial charge >= 0.3 is 12.1 Å². The van der Waals surface area contributed by atoms with E-state index >= 15 is 0 Å². The highest BCUT2D eigenvalue weighted by molar-refractivity contribution is 6.30. The molecule has 216 valence electrons. The van der Waals surface area contributed by atoms with E-state index in [0.29, 0.717) is 75.4 Å². The minimum atomic E-state index is -5.04. The van der Waals surface area contributed by atoms with Crippen LogP contribution in [-0.4, -0.2) is 40.6 Å². The van der Waals surface area contributed by atoms with Crippen LogP contribution in [0.1, 0.15) is 74.6 Å². The lowest BCUT2D eigenvalue weighted by molar-refractivity contribution is -0.228. The van der Waals surface area contributed by atoms with E-state index in [2.05, 4.69) is 0 Å². The zero-order valence-corrected chi connectivity index (χ0v) is 23.4. The van der Waals surface area contributed by atoms with Crippen LogP contribution in [0.15, 0.2) is 42.5 Å². The van der Waals surface area contributed by atoms with Crippen LogP contribution < -0.4 is 0 Å². The van der Waals surface area contributed by atoms with Crippen molar-refractivity contribution in [2.75, 3.05) is 6.54 Å². The van der Waals surface area contributed by atoms with Gasteiger partial charge in [-0.05, 0) is 92.7 Å². The molecule has 40 heavy (non-hydrogen) atoms. The van der Waals surface area contributed by atoms with Gasteiger partial charge in [-0.3, -0.25) is 9.59 Å². The lowest BCUT2D eigenvalue weighted by atomic mass is 9.63. The maximum Gasteiger partial charge on any atom is 0.426 e. The molecule has 2 aromatic carbocycles. The Kier molecular flexibility index (Phi) is 7.25. The topological polar surface area (TPSA) is 57.6 Å². The first-order chi connectivity index (χ1) is 18.7. The molecule has 1 saturated carbocycles. The Balaban J connectivity index is 1.52. The molecule has 3 aliphatic rings. The Morgan fingerprint density at radius 2 is 1.75 bits per heavy atom. The third kappa shape index (κ3) is 4.80. The molecule has 5 rings (SSSR count). The van der Waals surface area contributed by atoms with Crippen LogP contribution in [0.2, 0.25) is 5.02 Å². The number of halogens is 5. The van der Waals surface area contributed by atoms with Gasteiger partial charge in [0.2, 0.25) is 11.6 Å². The van der Waals surface area contributed by atoms with Crippen LogP contribution in [0.3, 0.4) is 0 Å². The summed E-state index contributed by atoms with van der Waals surface area (Å²) < 4.78 is 55.5. The lowest BCUT2D eigenvalue weighted by Crippen LogP contribution is -2.53. The molecule has 1 aliphatic heterocycles. The normalized spacial score (nSPS) is 29.8. The summed E-state index contributed by atoms with van der Waals surface area (Å²) >= 11 is 6.30. The number of aliphatic carboxylic acids is 1. The summed E-state index contributed by atoms with van der Waals surface area (Å²) in [6.07, 6.45) is -0.998. The molecule has 2 aliphatic carbocycles. The molecule has 1 amide bonds. The molecule has 4 nitrogen and oxygen atoms in total. The summed E-state index contributed by atoms with van der Waals surface area (Å²) in [5.41, 5.74) is -2.60. The van der Waals surface area contributed by atoms with Crippen molar-refractivity contribution in [2.45, 2.75) is 88.5 Å². The largest absolute Gasteiger partial charge is 0.481 e. The van der Waals surface area contributed by atoms with Crippen molar-refractivity contribution in [3.63, 3.8) is 0 Å². The van der Waals surface area contributed by atoms with E-state index < -0.39 is 40.1 Å². The van der Waals surface area contributed by atoms with E-state index in [9.17, 15) is 32.3 Å². The second-order valence-electron chi connectivity index (χ2n) is 12.3. The summed E-state index contributed by atoms with van der Waals surface area (Å²) in [5.74, 6) is -1.24. The molecule has 2 fully saturated rings. The number of rotatable bonds is 5. The number of amides is 1. The number of carboxylic acid groups (broad SMARTS) is 1. The SMILES string of the molecule is CC1(C(=O)N2CCC3(Cc4cccc(Cl)c4)c4ccc(C(C)(F)C(F)(F)F)cc4CCC23)CCC(C(=O)O)CC1. The van der Waals surface area contributed by atoms with Crippen LogP contribution in [0.5, 0.6) is 0 Å². The molecule has 0 bridgehead atoms. The number of alkyl halides is 4. The van der Waals surface area contributed by atoms with Gasteiger partial charge in [0, 0.05) is 28.4 Å². The summed E-state index contributed by atoms with van der Waals surface area (Å²) in [7, 11) is 0. The fraction of sp³-hybridized carbons (Fsp3) is 0.548. The van der Waals surface area contributed by atoms with Gasteiger partial charge in [-0.25, -0.2) is 4.39 Å². The van der Waals surface area contributed by atoms with Crippen molar-refractivity contribution in [1.82, 2.24) is 4.90 Å². The average molecular weight is 580 g/mol. The van der Waals surface area contributed by atoms with E-state index in [4.69, 9.17) is 11.6 Å². The Morgan fingerprint density at radius 1 is 1.05 bits per heavy atom. The number of benzene rings is 2. The summed E-state index contributed by atoms with van der Waals surface area (Å²) in [4.78, 5) is 27.5. The third-order valence-corrected chi connectivity index (χ3v) is 10.1. The maximum absolute atomic E-state index is 14.9. The first-order valence-electron chi connectivity index (χ1n) is 13.9. The molecule has 3 unspecified atom stereocenters. The Hall–Kier alpha value is -2.61. The number of carbonyl (C=O) groups excluding carboxylic acids is 1. The second kappa shape index (κ2) is 10.0. The smallest absolute Gasteiger partial charge is 0.426 e. The monoisotopic (exact) mass is 579 g/mol. The summed E-state index contributed by atoms with van der Waals surface area (Å²) in [6.45, 7) is 2.97. The van der Waals surface area contributed by atoms with Crippen LogP contribution in [0, 0.1) is 11.3 Å². The molecule has 1 saturated heterocycles. The first kappa shape index (κ1) is 28.9. The highest BCUT2D eigenvalue weighted by Crippen LogP contribution is 2.52.